The number of pyridine rings is 1. The second-order valence-corrected chi connectivity index (χ2v) is 8.19. The fraction of sp³-hybridized carbons (Fsp3) is 0.375. The zero-order valence-corrected chi connectivity index (χ0v) is 19.4. The molecule has 4 aromatic rings. The van der Waals surface area contributed by atoms with E-state index in [1.54, 1.807) is 16.9 Å². The molecule has 3 heterocycles. The molecular weight excluding hydrogens is 422 g/mol. The van der Waals surface area contributed by atoms with E-state index >= 15 is 0 Å². The van der Waals surface area contributed by atoms with Crippen LogP contribution in [0.5, 0.6) is 5.75 Å². The van der Waals surface area contributed by atoms with E-state index in [0.29, 0.717) is 40.3 Å². The Balaban J connectivity index is 1.57. The van der Waals surface area contributed by atoms with Gasteiger partial charge in [0.1, 0.15) is 5.75 Å². The fourth-order valence-electron chi connectivity index (χ4n) is 3.44. The quantitative estimate of drug-likeness (QED) is 0.348. The van der Waals surface area contributed by atoms with Crippen LogP contribution in [0.15, 0.2) is 41.1 Å². The van der Waals surface area contributed by atoms with Gasteiger partial charge >= 0.3 is 5.97 Å². The predicted octanol–water partition coefficient (Wildman–Crippen LogP) is 4.94. The maximum Gasteiger partial charge on any atom is 0.339 e. The average molecular weight is 450 g/mol. The minimum Gasteiger partial charge on any atom is -0.493 e. The molecule has 0 atom stereocenters. The molecule has 3 aromatic heterocycles. The first-order valence-electron chi connectivity index (χ1n) is 11.0. The summed E-state index contributed by atoms with van der Waals surface area (Å²) in [5, 5.41) is 9.07. The molecule has 0 N–H and O–H groups in total. The molecule has 33 heavy (non-hydrogen) atoms. The number of esters is 1. The molecule has 0 aliphatic carbocycles. The molecular formula is C24H27N5O4. The molecule has 0 spiro atoms. The van der Waals surface area contributed by atoms with Crippen molar-refractivity contribution < 1.29 is 18.8 Å². The molecule has 0 aliphatic heterocycles. The first-order chi connectivity index (χ1) is 15.9. The second kappa shape index (κ2) is 9.40. The SMILES string of the molecule is CCOc1ccccc1-c1noc(COC(=O)c2cc(C(C)C)nc3c2cnn3C(C)C)n1. The van der Waals surface area contributed by atoms with E-state index in [-0.39, 0.29) is 24.5 Å². The first-order valence-corrected chi connectivity index (χ1v) is 11.0. The molecule has 0 saturated heterocycles. The number of carbonyl (C=O) groups is 1. The molecule has 9 heteroatoms. The van der Waals surface area contributed by atoms with E-state index in [4.69, 9.17) is 19.0 Å². The van der Waals surface area contributed by atoms with Crippen molar-refractivity contribution in [2.24, 2.45) is 0 Å². The molecule has 172 valence electrons. The number of nitrogens with zero attached hydrogens (tertiary/aromatic N) is 5. The smallest absolute Gasteiger partial charge is 0.339 e. The summed E-state index contributed by atoms with van der Waals surface area (Å²) in [5.74, 6) is 0.864. The third kappa shape index (κ3) is 4.57. The van der Waals surface area contributed by atoms with Crippen molar-refractivity contribution >= 4 is 17.0 Å². The Bertz CT molecular complexity index is 1280. The van der Waals surface area contributed by atoms with Crippen LogP contribution in [-0.2, 0) is 11.3 Å². The molecule has 4 rings (SSSR count). The van der Waals surface area contributed by atoms with Gasteiger partial charge in [0.15, 0.2) is 12.3 Å². The van der Waals surface area contributed by atoms with Crippen LogP contribution < -0.4 is 4.74 Å². The van der Waals surface area contributed by atoms with Gasteiger partial charge in [0.05, 0.1) is 29.3 Å². The Hall–Kier alpha value is -3.75. The maximum atomic E-state index is 13.0. The number of hydrogen-bond donors (Lipinski definition) is 0. The lowest BCUT2D eigenvalue weighted by Crippen LogP contribution is -2.10. The molecule has 9 nitrogen and oxygen atoms in total. The zero-order valence-electron chi connectivity index (χ0n) is 19.4. The summed E-state index contributed by atoms with van der Waals surface area (Å²) in [6.07, 6.45) is 1.65. The number of carbonyl (C=O) groups excluding carboxylic acids is 1. The molecule has 0 amide bonds. The van der Waals surface area contributed by atoms with E-state index in [9.17, 15) is 4.79 Å². The van der Waals surface area contributed by atoms with E-state index in [1.165, 1.54) is 0 Å². The van der Waals surface area contributed by atoms with E-state index in [1.807, 2.05) is 58.9 Å². The van der Waals surface area contributed by atoms with Gasteiger partial charge in [-0.15, -0.1) is 0 Å². The Labute approximate surface area is 191 Å². The lowest BCUT2D eigenvalue weighted by Gasteiger charge is -2.11. The minimum absolute atomic E-state index is 0.109. The summed E-state index contributed by atoms with van der Waals surface area (Å²) in [5.41, 5.74) is 2.58. The van der Waals surface area contributed by atoms with Crippen LogP contribution in [0.4, 0.5) is 0 Å². The van der Waals surface area contributed by atoms with Crippen molar-refractivity contribution in [2.75, 3.05) is 6.61 Å². The Morgan fingerprint density at radius 1 is 1.15 bits per heavy atom. The van der Waals surface area contributed by atoms with Crippen LogP contribution in [0.25, 0.3) is 22.4 Å². The Morgan fingerprint density at radius 3 is 2.67 bits per heavy atom. The lowest BCUT2D eigenvalue weighted by molar-refractivity contribution is 0.0432. The normalized spacial score (nSPS) is 11.5. The van der Waals surface area contributed by atoms with Crippen LogP contribution in [0.2, 0.25) is 0 Å². The number of aromatic nitrogens is 5. The highest BCUT2D eigenvalue weighted by molar-refractivity contribution is 6.02. The number of hydrogen-bond acceptors (Lipinski definition) is 8. The molecule has 0 bridgehead atoms. The Kier molecular flexibility index (Phi) is 6.39. The van der Waals surface area contributed by atoms with Crippen molar-refractivity contribution in [3.05, 3.63) is 53.7 Å². The minimum atomic E-state index is -0.498. The zero-order chi connectivity index (χ0) is 23.5. The molecule has 0 saturated carbocycles. The summed E-state index contributed by atoms with van der Waals surface area (Å²) < 4.78 is 18.3. The van der Waals surface area contributed by atoms with Gasteiger partial charge in [-0.1, -0.05) is 31.1 Å². The summed E-state index contributed by atoms with van der Waals surface area (Å²) in [4.78, 5) is 22.1. The largest absolute Gasteiger partial charge is 0.493 e. The molecule has 0 fully saturated rings. The van der Waals surface area contributed by atoms with Crippen molar-refractivity contribution in [3.8, 4) is 17.1 Å². The number of para-hydroxylation sites is 1. The lowest BCUT2D eigenvalue weighted by atomic mass is 10.1. The number of ether oxygens (including phenoxy) is 2. The summed E-state index contributed by atoms with van der Waals surface area (Å²) in [6, 6.07) is 9.30. The first kappa shape index (κ1) is 22.4. The monoisotopic (exact) mass is 449 g/mol. The fourth-order valence-corrected chi connectivity index (χ4v) is 3.44. The maximum absolute atomic E-state index is 13.0. The number of benzene rings is 1. The van der Waals surface area contributed by atoms with Gasteiger partial charge in [0, 0.05) is 11.7 Å². The van der Waals surface area contributed by atoms with Crippen molar-refractivity contribution in [3.63, 3.8) is 0 Å². The van der Waals surface area contributed by atoms with Crippen LogP contribution in [0, 0.1) is 0 Å². The van der Waals surface area contributed by atoms with E-state index in [0.717, 1.165) is 5.69 Å². The van der Waals surface area contributed by atoms with Gasteiger partial charge in [-0.05, 0) is 44.9 Å². The number of fused-ring (bicyclic) bond motifs is 1. The van der Waals surface area contributed by atoms with E-state index < -0.39 is 5.97 Å². The van der Waals surface area contributed by atoms with Crippen LogP contribution in [-0.4, -0.2) is 37.5 Å². The molecule has 0 radical (unpaired) electrons. The Morgan fingerprint density at radius 2 is 1.94 bits per heavy atom. The average Bonchev–Trinajstić information content (AvgIpc) is 3.44. The van der Waals surface area contributed by atoms with Gasteiger partial charge in [0.2, 0.25) is 5.82 Å². The van der Waals surface area contributed by atoms with Gasteiger partial charge in [0.25, 0.3) is 5.89 Å². The molecule has 1 aromatic carbocycles. The van der Waals surface area contributed by atoms with Crippen molar-refractivity contribution in [2.45, 2.75) is 53.2 Å². The van der Waals surface area contributed by atoms with Crippen molar-refractivity contribution in [1.29, 1.82) is 0 Å². The van der Waals surface area contributed by atoms with Crippen LogP contribution >= 0.6 is 0 Å². The van der Waals surface area contributed by atoms with E-state index in [2.05, 4.69) is 15.2 Å². The van der Waals surface area contributed by atoms with Crippen LogP contribution in [0.3, 0.4) is 0 Å². The second-order valence-electron chi connectivity index (χ2n) is 8.19. The summed E-state index contributed by atoms with van der Waals surface area (Å²) >= 11 is 0. The summed E-state index contributed by atoms with van der Waals surface area (Å²) in [6.45, 7) is 10.4. The van der Waals surface area contributed by atoms with Gasteiger partial charge in [-0.2, -0.15) is 10.1 Å². The van der Waals surface area contributed by atoms with Gasteiger partial charge in [-0.3, -0.25) is 0 Å². The third-order valence-corrected chi connectivity index (χ3v) is 5.11. The van der Waals surface area contributed by atoms with Gasteiger partial charge < -0.3 is 14.0 Å². The van der Waals surface area contributed by atoms with Crippen molar-refractivity contribution in [1.82, 2.24) is 24.9 Å². The standard InChI is InChI=1S/C24H27N5O4/c1-6-31-20-10-8-7-9-16(20)22-27-21(33-28-22)13-32-24(30)17-11-19(14(2)3)26-23-18(17)12-25-29(23)15(4)5/h7-12,14-15H,6,13H2,1-5H3. The topological polar surface area (TPSA) is 105 Å². The predicted molar refractivity (Wildman–Crippen MR) is 122 cm³/mol. The molecule has 0 unspecified atom stereocenters. The highest BCUT2D eigenvalue weighted by Gasteiger charge is 2.21. The van der Waals surface area contributed by atoms with Gasteiger partial charge in [-0.25, -0.2) is 14.5 Å². The molecule has 0 aliphatic rings. The number of rotatable bonds is 8. The summed E-state index contributed by atoms with van der Waals surface area (Å²) in [7, 11) is 0. The highest BCUT2D eigenvalue weighted by Crippen LogP contribution is 2.28. The van der Waals surface area contributed by atoms with Crippen LogP contribution in [0.1, 0.15) is 68.5 Å². The highest BCUT2D eigenvalue weighted by atomic mass is 16.6. The third-order valence-electron chi connectivity index (χ3n) is 5.11.